The molecule has 1 aromatic carbocycles. The summed E-state index contributed by atoms with van der Waals surface area (Å²) in [4.78, 5) is 14.7. The van der Waals surface area contributed by atoms with Gasteiger partial charge in [-0.15, -0.1) is 5.10 Å². The van der Waals surface area contributed by atoms with Crippen molar-refractivity contribution in [1.29, 1.82) is 0 Å². The molecule has 0 unspecified atom stereocenters. The summed E-state index contributed by atoms with van der Waals surface area (Å²) in [7, 11) is 3.22. The third kappa shape index (κ3) is 6.16. The van der Waals surface area contributed by atoms with Gasteiger partial charge in [0.2, 0.25) is 5.91 Å². The van der Waals surface area contributed by atoms with Gasteiger partial charge in [-0.2, -0.15) is 0 Å². The van der Waals surface area contributed by atoms with E-state index in [9.17, 15) is 4.79 Å². The summed E-state index contributed by atoms with van der Waals surface area (Å²) < 4.78 is 12.4. The number of likely N-dealkylation sites (tertiary alicyclic amines) is 1. The van der Waals surface area contributed by atoms with E-state index in [-0.39, 0.29) is 5.91 Å². The number of amides is 1. The van der Waals surface area contributed by atoms with Crippen LogP contribution in [0.4, 0.5) is 0 Å². The largest absolute Gasteiger partial charge is 0.497 e. The van der Waals surface area contributed by atoms with Crippen LogP contribution in [-0.2, 0) is 24.4 Å². The van der Waals surface area contributed by atoms with Crippen LogP contribution in [-0.4, -0.2) is 58.3 Å². The van der Waals surface area contributed by atoms with Gasteiger partial charge in [0, 0.05) is 31.1 Å². The van der Waals surface area contributed by atoms with Crippen LogP contribution in [0.5, 0.6) is 11.5 Å². The van der Waals surface area contributed by atoms with Crippen molar-refractivity contribution in [2.45, 2.75) is 52.2 Å². The molecule has 30 heavy (non-hydrogen) atoms. The lowest BCUT2D eigenvalue weighted by Crippen LogP contribution is -2.33. The molecule has 0 atom stereocenters. The van der Waals surface area contributed by atoms with E-state index in [4.69, 9.17) is 9.47 Å². The molecule has 1 aliphatic rings. The number of aromatic nitrogens is 4. The summed E-state index contributed by atoms with van der Waals surface area (Å²) in [6.45, 7) is 6.29. The number of aryl methyl sites for hydroxylation is 1. The first-order chi connectivity index (χ1) is 14.6. The number of rotatable bonds is 10. The maximum atomic E-state index is 12.3. The standard InChI is InChI=1S/C21H32N6O3/c1-16-8-11-26(12-9-16)15-20-23-24-25-27(20)10-4-5-21(28)22-14-17-6-7-18(29-2)13-19(17)30-3/h6-7,13,16H,4-5,8-12,14-15H2,1-3H3,(H,22,28). The summed E-state index contributed by atoms with van der Waals surface area (Å²) in [5.74, 6) is 3.08. The number of nitrogens with zero attached hydrogens (tertiary/aromatic N) is 5. The molecule has 9 heteroatoms. The van der Waals surface area contributed by atoms with Gasteiger partial charge < -0.3 is 14.8 Å². The molecule has 0 bridgehead atoms. The Labute approximate surface area is 177 Å². The van der Waals surface area contributed by atoms with Crippen molar-refractivity contribution in [2.24, 2.45) is 5.92 Å². The van der Waals surface area contributed by atoms with E-state index >= 15 is 0 Å². The molecule has 0 aliphatic carbocycles. The van der Waals surface area contributed by atoms with Crippen LogP contribution < -0.4 is 14.8 Å². The Balaban J connectivity index is 1.42. The molecule has 1 N–H and O–H groups in total. The second-order valence-electron chi connectivity index (χ2n) is 7.83. The molecule has 9 nitrogen and oxygen atoms in total. The fraction of sp³-hybridized carbons (Fsp3) is 0.619. The number of carbonyl (C=O) groups excluding carboxylic acids is 1. The van der Waals surface area contributed by atoms with E-state index in [0.717, 1.165) is 42.7 Å². The summed E-state index contributed by atoms with van der Waals surface area (Å²) in [5, 5.41) is 15.0. The van der Waals surface area contributed by atoms with E-state index < -0.39 is 0 Å². The van der Waals surface area contributed by atoms with Crippen molar-refractivity contribution < 1.29 is 14.3 Å². The first-order valence-corrected chi connectivity index (χ1v) is 10.5. The third-order valence-electron chi connectivity index (χ3n) is 5.59. The van der Waals surface area contributed by atoms with Crippen molar-refractivity contribution in [3.8, 4) is 11.5 Å². The monoisotopic (exact) mass is 416 g/mol. The molecule has 1 aromatic heterocycles. The average Bonchev–Trinajstić information content (AvgIpc) is 3.20. The Bertz CT molecular complexity index is 817. The SMILES string of the molecule is COc1ccc(CNC(=O)CCCn2nnnc2CN2CCC(C)CC2)c(OC)c1. The molecular formula is C21H32N6O3. The molecule has 2 heterocycles. The number of piperidine rings is 1. The van der Waals surface area contributed by atoms with Gasteiger partial charge in [0.05, 0.1) is 20.8 Å². The van der Waals surface area contributed by atoms with Crippen LogP contribution in [0.25, 0.3) is 0 Å². The summed E-state index contributed by atoms with van der Waals surface area (Å²) in [6.07, 6.45) is 3.54. The number of nitrogens with one attached hydrogen (secondary N) is 1. The van der Waals surface area contributed by atoms with E-state index in [1.165, 1.54) is 12.8 Å². The molecule has 0 spiro atoms. The van der Waals surface area contributed by atoms with Crippen molar-refractivity contribution in [3.05, 3.63) is 29.6 Å². The van der Waals surface area contributed by atoms with Crippen LogP contribution in [0.15, 0.2) is 18.2 Å². The molecule has 3 rings (SSSR count). The van der Waals surface area contributed by atoms with Gasteiger partial charge in [0.25, 0.3) is 0 Å². The van der Waals surface area contributed by atoms with Crippen LogP contribution in [0.1, 0.15) is 44.0 Å². The van der Waals surface area contributed by atoms with Gasteiger partial charge >= 0.3 is 0 Å². The number of hydrogen-bond donors (Lipinski definition) is 1. The van der Waals surface area contributed by atoms with Gasteiger partial charge in [-0.1, -0.05) is 6.92 Å². The van der Waals surface area contributed by atoms with Crippen molar-refractivity contribution >= 4 is 5.91 Å². The Morgan fingerprint density at radius 3 is 2.77 bits per heavy atom. The molecule has 0 saturated carbocycles. The summed E-state index contributed by atoms with van der Waals surface area (Å²) in [6, 6.07) is 5.56. The molecule has 1 amide bonds. The fourth-order valence-electron chi connectivity index (χ4n) is 3.60. The minimum absolute atomic E-state index is 0.00693. The summed E-state index contributed by atoms with van der Waals surface area (Å²) in [5.41, 5.74) is 0.908. The second-order valence-corrected chi connectivity index (χ2v) is 7.83. The van der Waals surface area contributed by atoms with Crippen molar-refractivity contribution in [2.75, 3.05) is 27.3 Å². The predicted molar refractivity (Wildman–Crippen MR) is 112 cm³/mol. The highest BCUT2D eigenvalue weighted by Crippen LogP contribution is 2.24. The quantitative estimate of drug-likeness (QED) is 0.633. The number of methoxy groups -OCH3 is 2. The van der Waals surface area contributed by atoms with E-state index in [1.807, 2.05) is 22.9 Å². The van der Waals surface area contributed by atoms with E-state index in [1.54, 1.807) is 14.2 Å². The third-order valence-corrected chi connectivity index (χ3v) is 5.59. The maximum Gasteiger partial charge on any atom is 0.220 e. The number of ether oxygens (including phenoxy) is 2. The van der Waals surface area contributed by atoms with Gasteiger partial charge in [0.1, 0.15) is 11.5 Å². The van der Waals surface area contributed by atoms with Gasteiger partial charge in [-0.05, 0) is 60.8 Å². The van der Waals surface area contributed by atoms with Crippen LogP contribution in [0.3, 0.4) is 0 Å². The zero-order chi connectivity index (χ0) is 21.3. The zero-order valence-corrected chi connectivity index (χ0v) is 18.1. The number of hydrogen-bond acceptors (Lipinski definition) is 7. The lowest BCUT2D eigenvalue weighted by Gasteiger charge is -2.29. The van der Waals surface area contributed by atoms with Crippen LogP contribution in [0.2, 0.25) is 0 Å². The lowest BCUT2D eigenvalue weighted by molar-refractivity contribution is -0.121. The first kappa shape index (κ1) is 22.0. The van der Waals surface area contributed by atoms with Crippen molar-refractivity contribution in [1.82, 2.24) is 30.4 Å². The van der Waals surface area contributed by atoms with Gasteiger partial charge in [-0.3, -0.25) is 9.69 Å². The highest BCUT2D eigenvalue weighted by Gasteiger charge is 2.18. The van der Waals surface area contributed by atoms with Crippen LogP contribution >= 0.6 is 0 Å². The minimum Gasteiger partial charge on any atom is -0.497 e. The Morgan fingerprint density at radius 1 is 1.23 bits per heavy atom. The zero-order valence-electron chi connectivity index (χ0n) is 18.1. The normalized spacial score (nSPS) is 15.2. The van der Waals surface area contributed by atoms with Gasteiger partial charge in [-0.25, -0.2) is 4.68 Å². The molecule has 1 aliphatic heterocycles. The number of tetrazole rings is 1. The van der Waals surface area contributed by atoms with Gasteiger partial charge in [0.15, 0.2) is 5.82 Å². The molecule has 2 aromatic rings. The fourth-order valence-corrected chi connectivity index (χ4v) is 3.60. The molecule has 1 saturated heterocycles. The highest BCUT2D eigenvalue weighted by atomic mass is 16.5. The van der Waals surface area contributed by atoms with E-state index in [2.05, 4.69) is 32.7 Å². The topological polar surface area (TPSA) is 94.4 Å². The minimum atomic E-state index is -0.00693. The lowest BCUT2D eigenvalue weighted by atomic mass is 9.99. The number of carbonyl (C=O) groups is 1. The number of benzene rings is 1. The Kier molecular flexibility index (Phi) is 8.01. The Morgan fingerprint density at radius 2 is 2.03 bits per heavy atom. The molecular weight excluding hydrogens is 384 g/mol. The molecule has 164 valence electrons. The molecule has 0 radical (unpaired) electrons. The molecule has 1 fully saturated rings. The second kappa shape index (κ2) is 10.9. The van der Waals surface area contributed by atoms with E-state index in [0.29, 0.717) is 31.7 Å². The first-order valence-electron chi connectivity index (χ1n) is 10.5. The average molecular weight is 417 g/mol. The van der Waals surface area contributed by atoms with Crippen molar-refractivity contribution in [3.63, 3.8) is 0 Å². The predicted octanol–water partition coefficient (Wildman–Crippen LogP) is 2.02. The maximum absolute atomic E-state index is 12.3. The van der Waals surface area contributed by atoms with Crippen LogP contribution in [0, 0.1) is 5.92 Å². The Hall–Kier alpha value is -2.68. The summed E-state index contributed by atoms with van der Waals surface area (Å²) >= 11 is 0. The highest BCUT2D eigenvalue weighted by molar-refractivity contribution is 5.75. The smallest absolute Gasteiger partial charge is 0.220 e.